The van der Waals surface area contributed by atoms with Gasteiger partial charge in [0.25, 0.3) is 0 Å². The van der Waals surface area contributed by atoms with Gasteiger partial charge in [-0.25, -0.2) is 9.78 Å². The van der Waals surface area contributed by atoms with Crippen molar-refractivity contribution in [3.05, 3.63) is 46.1 Å². The van der Waals surface area contributed by atoms with E-state index in [1.54, 1.807) is 30.5 Å². The molecule has 2 N–H and O–H groups in total. The van der Waals surface area contributed by atoms with Crippen LogP contribution in [0.15, 0.2) is 30.5 Å². The monoisotopic (exact) mass is 296 g/mol. The van der Waals surface area contributed by atoms with Gasteiger partial charge in [-0.2, -0.15) is 0 Å². The van der Waals surface area contributed by atoms with E-state index in [9.17, 15) is 4.79 Å². The predicted molar refractivity (Wildman–Crippen MR) is 75.4 cm³/mol. The summed E-state index contributed by atoms with van der Waals surface area (Å²) >= 11 is 11.9. The van der Waals surface area contributed by atoms with Crippen molar-refractivity contribution in [2.45, 2.75) is 0 Å². The fourth-order valence-electron chi connectivity index (χ4n) is 1.63. The molecule has 0 spiro atoms. The van der Waals surface area contributed by atoms with Crippen molar-refractivity contribution in [1.29, 1.82) is 0 Å². The number of esters is 1. The Morgan fingerprint density at radius 2 is 1.79 bits per heavy atom. The third-order valence-corrected chi connectivity index (χ3v) is 2.96. The number of ether oxygens (including phenoxy) is 1. The summed E-state index contributed by atoms with van der Waals surface area (Å²) in [5, 5.41) is 0.998. The van der Waals surface area contributed by atoms with Crippen LogP contribution in [0.3, 0.4) is 0 Å². The van der Waals surface area contributed by atoms with Crippen molar-refractivity contribution in [2.24, 2.45) is 0 Å². The molecule has 6 heteroatoms. The molecule has 0 saturated carbocycles. The van der Waals surface area contributed by atoms with E-state index in [1.807, 2.05) is 0 Å². The fraction of sp³-hybridized carbons (Fsp3) is 0.0769. The Morgan fingerprint density at radius 1 is 1.16 bits per heavy atom. The highest BCUT2D eigenvalue weighted by Gasteiger charge is 2.13. The van der Waals surface area contributed by atoms with Crippen molar-refractivity contribution in [1.82, 2.24) is 4.98 Å². The number of carbonyl (C=O) groups excluding carboxylic acids is 1. The van der Waals surface area contributed by atoms with Gasteiger partial charge in [0.05, 0.1) is 7.11 Å². The molecule has 2 rings (SSSR count). The van der Waals surface area contributed by atoms with Gasteiger partial charge >= 0.3 is 5.97 Å². The summed E-state index contributed by atoms with van der Waals surface area (Å²) in [6, 6.07) is 6.66. The number of carbonyl (C=O) groups is 1. The third-order valence-electron chi connectivity index (χ3n) is 2.52. The molecule has 0 unspecified atom stereocenters. The van der Waals surface area contributed by atoms with Crippen LogP contribution in [0, 0.1) is 0 Å². The quantitative estimate of drug-likeness (QED) is 0.862. The van der Waals surface area contributed by atoms with Gasteiger partial charge in [-0.3, -0.25) is 0 Å². The molecule has 98 valence electrons. The number of aromatic nitrogens is 1. The Kier molecular flexibility index (Phi) is 3.93. The molecule has 1 heterocycles. The minimum atomic E-state index is -0.542. The first kappa shape index (κ1) is 13.6. The van der Waals surface area contributed by atoms with Crippen LogP contribution >= 0.6 is 23.2 Å². The average Bonchev–Trinajstić information content (AvgIpc) is 2.37. The Morgan fingerprint density at radius 3 is 2.37 bits per heavy atom. The summed E-state index contributed by atoms with van der Waals surface area (Å²) in [6.07, 6.45) is 1.55. The minimum absolute atomic E-state index is 0.115. The van der Waals surface area contributed by atoms with Gasteiger partial charge in [-0.15, -0.1) is 0 Å². The maximum atomic E-state index is 11.6. The largest absolute Gasteiger partial charge is 0.465 e. The molecule has 0 radical (unpaired) electrons. The van der Waals surface area contributed by atoms with Crippen LogP contribution in [0.25, 0.3) is 11.1 Å². The Balaban J connectivity index is 2.54. The number of methoxy groups -OCH3 is 1. The van der Waals surface area contributed by atoms with Crippen molar-refractivity contribution in [3.63, 3.8) is 0 Å². The number of rotatable bonds is 2. The second-order valence-corrected chi connectivity index (χ2v) is 4.68. The van der Waals surface area contributed by atoms with Crippen molar-refractivity contribution < 1.29 is 9.53 Å². The number of hydrogen-bond donors (Lipinski definition) is 1. The maximum Gasteiger partial charge on any atom is 0.341 e. The van der Waals surface area contributed by atoms with Crippen molar-refractivity contribution >= 4 is 35.0 Å². The summed E-state index contributed by atoms with van der Waals surface area (Å²) < 4.78 is 4.64. The van der Waals surface area contributed by atoms with Crippen molar-refractivity contribution in [3.8, 4) is 11.1 Å². The molecule has 4 nitrogen and oxygen atoms in total. The minimum Gasteiger partial charge on any atom is -0.465 e. The normalized spacial score (nSPS) is 10.3. The first-order valence-corrected chi connectivity index (χ1v) is 6.07. The van der Waals surface area contributed by atoms with Crippen molar-refractivity contribution in [2.75, 3.05) is 12.8 Å². The summed E-state index contributed by atoms with van der Waals surface area (Å²) in [7, 11) is 1.28. The molecule has 0 saturated heterocycles. The lowest BCUT2D eigenvalue weighted by Gasteiger charge is -2.07. The van der Waals surface area contributed by atoms with Crippen LogP contribution < -0.4 is 5.73 Å². The molecule has 19 heavy (non-hydrogen) atoms. The molecule has 0 amide bonds. The van der Waals surface area contributed by atoms with Gasteiger partial charge in [0.2, 0.25) is 0 Å². The van der Waals surface area contributed by atoms with Crippen LogP contribution in [-0.4, -0.2) is 18.1 Å². The van der Waals surface area contributed by atoms with E-state index in [0.717, 1.165) is 5.56 Å². The molecule has 0 aliphatic rings. The Bertz CT molecular complexity index is 624. The third kappa shape index (κ3) is 2.97. The van der Waals surface area contributed by atoms with Gasteiger partial charge < -0.3 is 10.5 Å². The highest BCUT2D eigenvalue weighted by atomic mass is 35.5. The Labute approximate surface area is 120 Å². The van der Waals surface area contributed by atoms with Crippen LogP contribution in [0.5, 0.6) is 0 Å². The number of pyridine rings is 1. The Hall–Kier alpha value is -1.78. The van der Waals surface area contributed by atoms with Gasteiger partial charge in [0.1, 0.15) is 11.4 Å². The van der Waals surface area contributed by atoms with Crippen LogP contribution in [0.2, 0.25) is 10.0 Å². The van der Waals surface area contributed by atoms with Gasteiger partial charge in [-0.1, -0.05) is 23.2 Å². The lowest BCUT2D eigenvalue weighted by atomic mass is 10.1. The first-order valence-electron chi connectivity index (χ1n) is 5.31. The molecule has 0 bridgehead atoms. The van der Waals surface area contributed by atoms with E-state index in [4.69, 9.17) is 28.9 Å². The number of halogens is 2. The van der Waals surface area contributed by atoms with E-state index >= 15 is 0 Å². The summed E-state index contributed by atoms with van der Waals surface area (Å²) in [6.45, 7) is 0. The van der Waals surface area contributed by atoms with Gasteiger partial charge in [-0.05, 0) is 29.8 Å². The molecule has 0 atom stereocenters. The number of benzene rings is 1. The number of nitrogens with zero attached hydrogens (tertiary/aromatic N) is 1. The molecular formula is C13H10Cl2N2O2. The first-order chi connectivity index (χ1) is 9.01. The predicted octanol–water partition coefficient (Wildman–Crippen LogP) is 3.42. The lowest BCUT2D eigenvalue weighted by molar-refractivity contribution is 0.0601. The lowest BCUT2D eigenvalue weighted by Crippen LogP contribution is -2.07. The maximum absolute atomic E-state index is 11.6. The van der Waals surface area contributed by atoms with E-state index in [0.29, 0.717) is 15.6 Å². The molecule has 0 aliphatic carbocycles. The van der Waals surface area contributed by atoms with E-state index in [2.05, 4.69) is 9.72 Å². The summed E-state index contributed by atoms with van der Waals surface area (Å²) in [5.74, 6) is -0.427. The van der Waals surface area contributed by atoms with Gasteiger partial charge in [0, 0.05) is 21.8 Å². The summed E-state index contributed by atoms with van der Waals surface area (Å²) in [5.41, 5.74) is 7.27. The molecular weight excluding hydrogens is 287 g/mol. The van der Waals surface area contributed by atoms with E-state index in [-0.39, 0.29) is 11.4 Å². The van der Waals surface area contributed by atoms with E-state index < -0.39 is 5.97 Å². The molecule has 2 aromatic rings. The summed E-state index contributed by atoms with van der Waals surface area (Å²) in [4.78, 5) is 15.5. The van der Waals surface area contributed by atoms with E-state index in [1.165, 1.54) is 7.11 Å². The topological polar surface area (TPSA) is 65.2 Å². The number of nitrogen functional groups attached to an aromatic ring is 1. The fourth-order valence-corrected chi connectivity index (χ4v) is 2.15. The van der Waals surface area contributed by atoms with Gasteiger partial charge in [0.15, 0.2) is 0 Å². The zero-order valence-corrected chi connectivity index (χ0v) is 11.5. The highest BCUT2D eigenvalue weighted by Crippen LogP contribution is 2.28. The highest BCUT2D eigenvalue weighted by molar-refractivity contribution is 6.35. The zero-order chi connectivity index (χ0) is 14.0. The number of nitrogens with two attached hydrogens (primary N) is 1. The van der Waals surface area contributed by atoms with Crippen LogP contribution in [-0.2, 0) is 4.74 Å². The molecule has 1 aromatic carbocycles. The van der Waals surface area contributed by atoms with Crippen LogP contribution in [0.4, 0.5) is 5.82 Å². The smallest absolute Gasteiger partial charge is 0.341 e. The SMILES string of the molecule is COC(=O)c1cc(-c2cc(Cl)cc(Cl)c2)cnc1N. The second kappa shape index (κ2) is 5.47. The number of hydrogen-bond acceptors (Lipinski definition) is 4. The molecule has 0 fully saturated rings. The molecule has 0 aliphatic heterocycles. The zero-order valence-electron chi connectivity index (χ0n) is 9.98. The van der Waals surface area contributed by atoms with Crippen LogP contribution in [0.1, 0.15) is 10.4 Å². The molecule has 1 aromatic heterocycles. The average molecular weight is 297 g/mol. The standard InChI is InChI=1S/C13H10Cl2N2O2/c1-19-13(18)11-4-8(6-17-12(11)16)7-2-9(14)5-10(15)3-7/h2-6H,1H3,(H2,16,17). The second-order valence-electron chi connectivity index (χ2n) is 3.81. The number of anilines is 1.